The lowest BCUT2D eigenvalue weighted by molar-refractivity contribution is 0.806. The van der Waals surface area contributed by atoms with Crippen molar-refractivity contribution in [1.29, 1.82) is 0 Å². The van der Waals surface area contributed by atoms with E-state index in [0.717, 1.165) is 46.5 Å². The van der Waals surface area contributed by atoms with E-state index >= 15 is 0 Å². The molecule has 26 heavy (non-hydrogen) atoms. The quantitative estimate of drug-likeness (QED) is 0.354. The summed E-state index contributed by atoms with van der Waals surface area (Å²) in [5.74, 6) is 1.64. The number of para-hydroxylation sites is 1. The first-order valence-electron chi connectivity index (χ1n) is 8.63. The molecule has 0 spiro atoms. The number of pyridine rings is 1. The van der Waals surface area contributed by atoms with E-state index < -0.39 is 0 Å². The molecule has 2 heterocycles. The summed E-state index contributed by atoms with van der Waals surface area (Å²) in [5, 5.41) is 12.1. The number of thiazole rings is 1. The van der Waals surface area contributed by atoms with Gasteiger partial charge in [0.25, 0.3) is 0 Å². The van der Waals surface area contributed by atoms with Gasteiger partial charge in [0.15, 0.2) is 5.96 Å². The van der Waals surface area contributed by atoms with Gasteiger partial charge in [-0.2, -0.15) is 0 Å². The van der Waals surface area contributed by atoms with Crippen molar-refractivity contribution in [2.24, 2.45) is 4.99 Å². The molecular weight excluding hydrogens is 344 g/mol. The van der Waals surface area contributed by atoms with Crippen LogP contribution in [0.3, 0.4) is 0 Å². The van der Waals surface area contributed by atoms with E-state index in [0.29, 0.717) is 6.54 Å². The Hall–Kier alpha value is -2.67. The third-order valence-corrected chi connectivity index (χ3v) is 5.10. The first kappa shape index (κ1) is 18.1. The van der Waals surface area contributed by atoms with Gasteiger partial charge in [-0.1, -0.05) is 18.2 Å². The van der Waals surface area contributed by atoms with E-state index in [2.05, 4.69) is 50.0 Å². The van der Waals surface area contributed by atoms with E-state index in [4.69, 9.17) is 0 Å². The normalized spacial score (nSPS) is 11.6. The summed E-state index contributed by atoms with van der Waals surface area (Å²) in [7, 11) is 1.77. The van der Waals surface area contributed by atoms with Gasteiger partial charge in [0.1, 0.15) is 10.8 Å². The predicted octanol–water partition coefficient (Wildman–Crippen LogP) is 3.09. The molecule has 0 saturated heterocycles. The molecular formula is C19H24N6S. The maximum absolute atomic E-state index is 4.61. The number of aryl methyl sites for hydroxylation is 2. The summed E-state index contributed by atoms with van der Waals surface area (Å²) in [6, 6.07) is 12.2. The van der Waals surface area contributed by atoms with Crippen molar-refractivity contribution in [3.8, 4) is 0 Å². The predicted molar refractivity (Wildman–Crippen MR) is 110 cm³/mol. The molecule has 0 aliphatic carbocycles. The van der Waals surface area contributed by atoms with E-state index in [1.807, 2.05) is 31.2 Å². The Kier molecular flexibility index (Phi) is 6.01. The Labute approximate surface area is 157 Å². The second-order valence-corrected chi connectivity index (χ2v) is 7.21. The second kappa shape index (κ2) is 8.62. The summed E-state index contributed by atoms with van der Waals surface area (Å²) in [6.45, 7) is 6.30. The number of rotatable bonds is 6. The molecule has 136 valence electrons. The third-order valence-electron chi connectivity index (χ3n) is 4.03. The maximum Gasteiger partial charge on any atom is 0.191 e. The minimum Gasteiger partial charge on any atom is -0.368 e. The lowest BCUT2D eigenvalue weighted by Crippen LogP contribution is -2.39. The maximum atomic E-state index is 4.61. The van der Waals surface area contributed by atoms with Gasteiger partial charge in [-0.25, -0.2) is 9.97 Å². The number of guanidine groups is 1. The van der Waals surface area contributed by atoms with Crippen molar-refractivity contribution < 1.29 is 0 Å². The Balaban J connectivity index is 1.43. The summed E-state index contributed by atoms with van der Waals surface area (Å²) < 4.78 is 0. The van der Waals surface area contributed by atoms with Crippen LogP contribution in [0.2, 0.25) is 0 Å². The van der Waals surface area contributed by atoms with Gasteiger partial charge in [0, 0.05) is 30.4 Å². The molecule has 6 nitrogen and oxygen atoms in total. The number of nitrogens with one attached hydrogen (secondary N) is 3. The highest BCUT2D eigenvalue weighted by Gasteiger charge is 2.04. The zero-order valence-electron chi connectivity index (χ0n) is 15.3. The Morgan fingerprint density at radius 1 is 1.04 bits per heavy atom. The van der Waals surface area contributed by atoms with Crippen molar-refractivity contribution in [2.75, 3.05) is 25.5 Å². The van der Waals surface area contributed by atoms with Crippen LogP contribution in [0, 0.1) is 13.8 Å². The van der Waals surface area contributed by atoms with Crippen LogP contribution in [-0.2, 0) is 6.54 Å². The van der Waals surface area contributed by atoms with Crippen molar-refractivity contribution in [2.45, 2.75) is 20.4 Å². The molecule has 0 aliphatic heterocycles. The molecule has 0 unspecified atom stereocenters. The van der Waals surface area contributed by atoms with Crippen LogP contribution >= 0.6 is 11.3 Å². The number of hydrogen-bond donors (Lipinski definition) is 3. The second-order valence-electron chi connectivity index (χ2n) is 5.92. The van der Waals surface area contributed by atoms with Crippen LogP contribution in [-0.4, -0.2) is 36.1 Å². The zero-order valence-corrected chi connectivity index (χ0v) is 16.2. The molecule has 3 N–H and O–H groups in total. The summed E-state index contributed by atoms with van der Waals surface area (Å²) >= 11 is 1.72. The summed E-state index contributed by atoms with van der Waals surface area (Å²) in [6.07, 6.45) is 0. The smallest absolute Gasteiger partial charge is 0.191 e. The monoisotopic (exact) mass is 368 g/mol. The fourth-order valence-corrected chi connectivity index (χ4v) is 3.40. The molecule has 0 radical (unpaired) electrons. The average molecular weight is 369 g/mol. The van der Waals surface area contributed by atoms with Crippen LogP contribution in [0.1, 0.15) is 15.6 Å². The van der Waals surface area contributed by atoms with Crippen molar-refractivity contribution in [3.63, 3.8) is 0 Å². The Bertz CT molecular complexity index is 882. The molecule has 2 aromatic heterocycles. The van der Waals surface area contributed by atoms with Crippen LogP contribution in [0.4, 0.5) is 5.82 Å². The van der Waals surface area contributed by atoms with Crippen LogP contribution in [0.5, 0.6) is 0 Å². The van der Waals surface area contributed by atoms with Gasteiger partial charge in [-0.15, -0.1) is 11.3 Å². The van der Waals surface area contributed by atoms with Gasteiger partial charge >= 0.3 is 0 Å². The van der Waals surface area contributed by atoms with Crippen LogP contribution in [0.15, 0.2) is 41.4 Å². The van der Waals surface area contributed by atoms with Crippen molar-refractivity contribution >= 4 is 34.0 Å². The first-order chi connectivity index (χ1) is 12.7. The van der Waals surface area contributed by atoms with E-state index in [-0.39, 0.29) is 0 Å². The number of aliphatic imine (C=N–C) groups is 1. The molecule has 0 amide bonds. The zero-order chi connectivity index (χ0) is 18.4. The molecule has 0 bridgehead atoms. The molecule has 7 heteroatoms. The molecule has 0 atom stereocenters. The highest BCUT2D eigenvalue weighted by atomic mass is 32.1. The van der Waals surface area contributed by atoms with Gasteiger partial charge < -0.3 is 16.0 Å². The lowest BCUT2D eigenvalue weighted by Gasteiger charge is -2.12. The largest absolute Gasteiger partial charge is 0.368 e. The number of aromatic nitrogens is 2. The van der Waals surface area contributed by atoms with E-state index in [1.165, 1.54) is 4.88 Å². The number of nitrogens with zero attached hydrogens (tertiary/aromatic N) is 3. The van der Waals surface area contributed by atoms with E-state index in [9.17, 15) is 0 Å². The van der Waals surface area contributed by atoms with Crippen LogP contribution in [0.25, 0.3) is 10.9 Å². The number of benzene rings is 1. The highest BCUT2D eigenvalue weighted by Crippen LogP contribution is 2.16. The average Bonchev–Trinajstić information content (AvgIpc) is 2.98. The van der Waals surface area contributed by atoms with E-state index in [1.54, 1.807) is 18.4 Å². The van der Waals surface area contributed by atoms with Crippen molar-refractivity contribution in [3.05, 3.63) is 52.0 Å². The van der Waals surface area contributed by atoms with Gasteiger partial charge in [-0.05, 0) is 32.0 Å². The fourth-order valence-electron chi connectivity index (χ4n) is 2.53. The Morgan fingerprint density at radius 3 is 2.65 bits per heavy atom. The SMILES string of the molecule is CN=C(NCCNc1ccc2ccccc2n1)NCc1nc(C)c(C)s1. The van der Waals surface area contributed by atoms with Gasteiger partial charge in [0.2, 0.25) is 0 Å². The lowest BCUT2D eigenvalue weighted by atomic mass is 10.2. The number of hydrogen-bond acceptors (Lipinski definition) is 5. The highest BCUT2D eigenvalue weighted by molar-refractivity contribution is 7.11. The summed E-state index contributed by atoms with van der Waals surface area (Å²) in [4.78, 5) is 14.6. The molecule has 3 rings (SSSR count). The standard InChI is InChI=1S/C19H24N6S/c1-13-14(2)26-18(24-13)12-23-19(20-3)22-11-10-21-17-9-8-15-6-4-5-7-16(15)25-17/h4-9H,10-12H2,1-3H3,(H,21,25)(H2,20,22,23). The molecule has 0 fully saturated rings. The molecule has 3 aromatic rings. The minimum absolute atomic E-state index is 0.679. The molecule has 1 aromatic carbocycles. The number of fused-ring (bicyclic) bond motifs is 1. The van der Waals surface area contributed by atoms with Crippen LogP contribution < -0.4 is 16.0 Å². The topological polar surface area (TPSA) is 74.2 Å². The van der Waals surface area contributed by atoms with Gasteiger partial charge in [0.05, 0.1) is 17.8 Å². The Morgan fingerprint density at radius 2 is 1.88 bits per heavy atom. The first-order valence-corrected chi connectivity index (χ1v) is 9.44. The van der Waals surface area contributed by atoms with Gasteiger partial charge in [-0.3, -0.25) is 4.99 Å². The van der Waals surface area contributed by atoms with Crippen molar-refractivity contribution in [1.82, 2.24) is 20.6 Å². The summed E-state index contributed by atoms with van der Waals surface area (Å²) in [5.41, 5.74) is 2.10. The molecule has 0 saturated carbocycles. The fraction of sp³-hybridized carbons (Fsp3) is 0.316. The molecule has 0 aliphatic rings. The third kappa shape index (κ3) is 4.70. The minimum atomic E-state index is 0.679. The number of anilines is 1.